The number of hydrogen-bond acceptors (Lipinski definition) is 2. The zero-order chi connectivity index (χ0) is 17.9. The summed E-state index contributed by atoms with van der Waals surface area (Å²) in [5.41, 5.74) is 3.33. The molecular formula is C22H24N2O2. The van der Waals surface area contributed by atoms with Gasteiger partial charge in [0.2, 0.25) is 5.91 Å². The van der Waals surface area contributed by atoms with Crippen molar-refractivity contribution in [3.8, 4) is 0 Å². The van der Waals surface area contributed by atoms with Crippen LogP contribution < -0.4 is 0 Å². The SMILES string of the molecule is O=C(CC(O)c1ccccc1)N1CCC(c2c[nH]c3ccccc23)CC1. The fourth-order valence-electron chi connectivity index (χ4n) is 3.96. The van der Waals surface area contributed by atoms with Gasteiger partial charge < -0.3 is 15.0 Å². The molecule has 2 aromatic carbocycles. The average Bonchev–Trinajstić information content (AvgIpc) is 3.13. The van der Waals surface area contributed by atoms with Gasteiger partial charge in [0.1, 0.15) is 0 Å². The Bertz CT molecular complexity index is 879. The first-order valence-electron chi connectivity index (χ1n) is 9.29. The third kappa shape index (κ3) is 3.37. The molecule has 4 rings (SSSR count). The highest BCUT2D eigenvalue weighted by Crippen LogP contribution is 2.33. The van der Waals surface area contributed by atoms with Crippen LogP contribution in [0.4, 0.5) is 0 Å². The first kappa shape index (κ1) is 16.9. The van der Waals surface area contributed by atoms with E-state index in [1.807, 2.05) is 41.3 Å². The molecule has 1 fully saturated rings. The van der Waals surface area contributed by atoms with E-state index in [2.05, 4.69) is 29.4 Å². The van der Waals surface area contributed by atoms with Gasteiger partial charge >= 0.3 is 0 Å². The number of aliphatic hydroxyl groups excluding tert-OH is 1. The van der Waals surface area contributed by atoms with Crippen LogP contribution in [0.1, 0.15) is 42.4 Å². The number of para-hydroxylation sites is 1. The molecule has 26 heavy (non-hydrogen) atoms. The number of carbonyl (C=O) groups excluding carboxylic acids is 1. The summed E-state index contributed by atoms with van der Waals surface area (Å²) in [6.45, 7) is 1.51. The van der Waals surface area contributed by atoms with Gasteiger partial charge in [-0.2, -0.15) is 0 Å². The molecule has 0 saturated carbocycles. The summed E-state index contributed by atoms with van der Waals surface area (Å²) in [5, 5.41) is 11.6. The highest BCUT2D eigenvalue weighted by molar-refractivity contribution is 5.83. The van der Waals surface area contributed by atoms with Crippen LogP contribution in [0, 0.1) is 0 Å². The minimum absolute atomic E-state index is 0.0405. The van der Waals surface area contributed by atoms with Crippen LogP contribution in [0.15, 0.2) is 60.8 Å². The van der Waals surface area contributed by atoms with E-state index in [9.17, 15) is 9.90 Å². The highest BCUT2D eigenvalue weighted by Gasteiger charge is 2.26. The minimum atomic E-state index is -0.727. The maximum Gasteiger partial charge on any atom is 0.225 e. The summed E-state index contributed by atoms with van der Waals surface area (Å²) in [7, 11) is 0. The molecule has 1 amide bonds. The molecular weight excluding hydrogens is 324 g/mol. The smallest absolute Gasteiger partial charge is 0.225 e. The Morgan fingerprint density at radius 1 is 1.08 bits per heavy atom. The zero-order valence-corrected chi connectivity index (χ0v) is 14.8. The fraction of sp³-hybridized carbons (Fsp3) is 0.318. The largest absolute Gasteiger partial charge is 0.388 e. The average molecular weight is 348 g/mol. The monoisotopic (exact) mass is 348 g/mol. The molecule has 1 aromatic heterocycles. The van der Waals surface area contributed by atoms with Crippen LogP contribution in [-0.2, 0) is 4.79 Å². The Hall–Kier alpha value is -2.59. The van der Waals surface area contributed by atoms with E-state index >= 15 is 0 Å². The van der Waals surface area contributed by atoms with Crippen molar-refractivity contribution in [3.63, 3.8) is 0 Å². The molecule has 1 aliphatic heterocycles. The Balaban J connectivity index is 1.37. The number of nitrogens with one attached hydrogen (secondary N) is 1. The lowest BCUT2D eigenvalue weighted by Crippen LogP contribution is -2.38. The van der Waals surface area contributed by atoms with E-state index < -0.39 is 6.10 Å². The van der Waals surface area contributed by atoms with E-state index in [0.29, 0.717) is 5.92 Å². The molecule has 2 N–H and O–H groups in total. The van der Waals surface area contributed by atoms with Gasteiger partial charge in [0, 0.05) is 30.2 Å². The molecule has 4 nitrogen and oxygen atoms in total. The lowest BCUT2D eigenvalue weighted by Gasteiger charge is -2.32. The molecule has 0 aliphatic carbocycles. The number of H-pyrrole nitrogens is 1. The van der Waals surface area contributed by atoms with Crippen molar-refractivity contribution < 1.29 is 9.90 Å². The fourth-order valence-corrected chi connectivity index (χ4v) is 3.96. The van der Waals surface area contributed by atoms with Gasteiger partial charge in [-0.3, -0.25) is 4.79 Å². The van der Waals surface area contributed by atoms with Crippen molar-refractivity contribution in [1.82, 2.24) is 9.88 Å². The van der Waals surface area contributed by atoms with Gasteiger partial charge in [0.25, 0.3) is 0 Å². The molecule has 1 atom stereocenters. The van der Waals surface area contributed by atoms with Crippen molar-refractivity contribution in [2.24, 2.45) is 0 Å². The van der Waals surface area contributed by atoms with Gasteiger partial charge in [-0.15, -0.1) is 0 Å². The second-order valence-electron chi connectivity index (χ2n) is 7.08. The van der Waals surface area contributed by atoms with E-state index in [1.54, 1.807) is 0 Å². The second kappa shape index (κ2) is 7.34. The number of hydrogen-bond donors (Lipinski definition) is 2. The van der Waals surface area contributed by atoms with E-state index in [1.165, 1.54) is 16.5 Å². The number of fused-ring (bicyclic) bond motifs is 1. The predicted molar refractivity (Wildman–Crippen MR) is 103 cm³/mol. The van der Waals surface area contributed by atoms with Crippen LogP contribution >= 0.6 is 0 Å². The van der Waals surface area contributed by atoms with Crippen LogP contribution in [0.2, 0.25) is 0 Å². The molecule has 0 radical (unpaired) electrons. The number of aromatic nitrogens is 1. The number of carbonyl (C=O) groups is 1. The van der Waals surface area contributed by atoms with Crippen LogP contribution in [0.3, 0.4) is 0 Å². The van der Waals surface area contributed by atoms with Gasteiger partial charge in [0.15, 0.2) is 0 Å². The van der Waals surface area contributed by atoms with E-state index in [0.717, 1.165) is 31.5 Å². The van der Waals surface area contributed by atoms with Gasteiger partial charge in [-0.25, -0.2) is 0 Å². The Kier molecular flexibility index (Phi) is 4.76. The molecule has 1 aliphatic rings. The molecule has 4 heteroatoms. The molecule has 2 heterocycles. The first-order chi connectivity index (χ1) is 12.7. The zero-order valence-electron chi connectivity index (χ0n) is 14.8. The number of benzene rings is 2. The third-order valence-electron chi connectivity index (χ3n) is 5.46. The topological polar surface area (TPSA) is 56.3 Å². The van der Waals surface area contributed by atoms with Crippen molar-refractivity contribution in [2.45, 2.75) is 31.3 Å². The molecule has 0 spiro atoms. The number of amides is 1. The van der Waals surface area contributed by atoms with Crippen molar-refractivity contribution in [1.29, 1.82) is 0 Å². The molecule has 1 saturated heterocycles. The van der Waals surface area contributed by atoms with E-state index in [-0.39, 0.29) is 12.3 Å². The van der Waals surface area contributed by atoms with Gasteiger partial charge in [-0.05, 0) is 36.0 Å². The molecule has 0 bridgehead atoms. The summed E-state index contributed by atoms with van der Waals surface area (Å²) in [5.74, 6) is 0.521. The van der Waals surface area contributed by atoms with Crippen LogP contribution in [0.5, 0.6) is 0 Å². The van der Waals surface area contributed by atoms with Gasteiger partial charge in [0.05, 0.1) is 12.5 Å². The summed E-state index contributed by atoms with van der Waals surface area (Å²) in [6, 6.07) is 17.8. The summed E-state index contributed by atoms with van der Waals surface area (Å²) < 4.78 is 0. The normalized spacial score (nSPS) is 16.7. The number of rotatable bonds is 4. The molecule has 3 aromatic rings. The third-order valence-corrected chi connectivity index (χ3v) is 5.46. The summed E-state index contributed by atoms with van der Waals surface area (Å²) >= 11 is 0. The summed E-state index contributed by atoms with van der Waals surface area (Å²) in [6.07, 6.45) is 3.48. The highest BCUT2D eigenvalue weighted by atomic mass is 16.3. The Labute approximate surface area is 153 Å². The quantitative estimate of drug-likeness (QED) is 0.749. The molecule has 134 valence electrons. The van der Waals surface area contributed by atoms with Crippen molar-refractivity contribution >= 4 is 16.8 Å². The maximum atomic E-state index is 12.5. The van der Waals surface area contributed by atoms with Crippen LogP contribution in [-0.4, -0.2) is 34.0 Å². The number of aromatic amines is 1. The Morgan fingerprint density at radius 3 is 2.54 bits per heavy atom. The lowest BCUT2D eigenvalue weighted by atomic mass is 9.89. The number of likely N-dealkylation sites (tertiary alicyclic amines) is 1. The van der Waals surface area contributed by atoms with Crippen LogP contribution in [0.25, 0.3) is 10.9 Å². The molecule has 1 unspecified atom stereocenters. The predicted octanol–water partition coefficient (Wildman–Crippen LogP) is 4.00. The van der Waals surface area contributed by atoms with Crippen molar-refractivity contribution in [3.05, 3.63) is 71.9 Å². The standard InChI is InChI=1S/C22H24N2O2/c25-21(17-6-2-1-3-7-17)14-22(26)24-12-10-16(11-13-24)19-15-23-20-9-5-4-8-18(19)20/h1-9,15-16,21,23,25H,10-14H2. The van der Waals surface area contributed by atoms with Crippen molar-refractivity contribution in [2.75, 3.05) is 13.1 Å². The Morgan fingerprint density at radius 2 is 1.77 bits per heavy atom. The first-order valence-corrected chi connectivity index (χ1v) is 9.29. The second-order valence-corrected chi connectivity index (χ2v) is 7.08. The van der Waals surface area contributed by atoms with E-state index in [4.69, 9.17) is 0 Å². The number of aliphatic hydroxyl groups is 1. The van der Waals surface area contributed by atoms with Gasteiger partial charge in [-0.1, -0.05) is 48.5 Å². The number of nitrogens with zero attached hydrogens (tertiary/aromatic N) is 1. The summed E-state index contributed by atoms with van der Waals surface area (Å²) in [4.78, 5) is 17.8. The number of piperidine rings is 1. The lowest BCUT2D eigenvalue weighted by molar-refractivity contribution is -0.134. The minimum Gasteiger partial charge on any atom is -0.388 e. The maximum absolute atomic E-state index is 12.5.